The Balaban J connectivity index is 1.50. The van der Waals surface area contributed by atoms with Crippen LogP contribution < -0.4 is 10.2 Å². The van der Waals surface area contributed by atoms with E-state index in [9.17, 15) is 9.59 Å². The van der Waals surface area contributed by atoms with E-state index in [0.29, 0.717) is 6.42 Å². The molecule has 5 nitrogen and oxygen atoms in total. The Labute approximate surface area is 160 Å². The number of hydrogen-bond acceptors (Lipinski definition) is 3. The lowest BCUT2D eigenvalue weighted by atomic mass is 10.0. The molecular weight excluding hydrogens is 338 g/mol. The molecule has 2 aromatic rings. The Morgan fingerprint density at radius 3 is 2.22 bits per heavy atom. The third-order valence-electron chi connectivity index (χ3n) is 5.39. The minimum atomic E-state index is -0.270. The summed E-state index contributed by atoms with van der Waals surface area (Å²) in [4.78, 5) is 29.0. The lowest BCUT2D eigenvalue weighted by molar-refractivity contribution is -0.121. The van der Waals surface area contributed by atoms with E-state index in [1.54, 1.807) is 0 Å². The first-order chi connectivity index (χ1) is 13.2. The molecule has 0 bridgehead atoms. The summed E-state index contributed by atoms with van der Waals surface area (Å²) in [7, 11) is 0. The van der Waals surface area contributed by atoms with Gasteiger partial charge < -0.3 is 10.2 Å². The van der Waals surface area contributed by atoms with Gasteiger partial charge in [-0.3, -0.25) is 14.5 Å². The zero-order valence-electron chi connectivity index (χ0n) is 15.4. The third-order valence-corrected chi connectivity index (χ3v) is 5.39. The molecule has 0 saturated carbocycles. The summed E-state index contributed by atoms with van der Waals surface area (Å²) in [5, 5.41) is 3.06. The number of benzene rings is 2. The summed E-state index contributed by atoms with van der Waals surface area (Å²) in [6.07, 6.45) is 3.79. The van der Waals surface area contributed by atoms with Gasteiger partial charge in [0.1, 0.15) is 6.04 Å². The van der Waals surface area contributed by atoms with Gasteiger partial charge in [0.25, 0.3) is 0 Å². The number of anilines is 2. The van der Waals surface area contributed by atoms with Crippen LogP contribution in [0.5, 0.6) is 0 Å². The van der Waals surface area contributed by atoms with Crippen LogP contribution in [0.3, 0.4) is 0 Å². The van der Waals surface area contributed by atoms with Gasteiger partial charge in [-0.1, -0.05) is 30.3 Å². The molecule has 2 amide bonds. The van der Waals surface area contributed by atoms with E-state index in [-0.39, 0.29) is 17.9 Å². The first-order valence-electron chi connectivity index (χ1n) is 9.73. The smallest absolute Gasteiger partial charge is 0.246 e. The fourth-order valence-electron chi connectivity index (χ4n) is 4.02. The lowest BCUT2D eigenvalue weighted by Gasteiger charge is -2.27. The second-order valence-electron chi connectivity index (χ2n) is 7.24. The lowest BCUT2D eigenvalue weighted by Crippen LogP contribution is -2.35. The van der Waals surface area contributed by atoms with Crippen LogP contribution in [0.15, 0.2) is 54.6 Å². The maximum atomic E-state index is 13.1. The molecule has 2 heterocycles. The van der Waals surface area contributed by atoms with Gasteiger partial charge in [0, 0.05) is 24.3 Å². The van der Waals surface area contributed by atoms with Crippen molar-refractivity contribution < 1.29 is 9.59 Å². The molecule has 1 unspecified atom stereocenters. The molecule has 0 radical (unpaired) electrons. The van der Waals surface area contributed by atoms with E-state index < -0.39 is 0 Å². The molecule has 2 aromatic carbocycles. The molecule has 0 aliphatic carbocycles. The Kier molecular flexibility index (Phi) is 5.21. The third kappa shape index (κ3) is 3.88. The standard InChI is InChI=1S/C22H25N3O2/c26-20-9-6-16-25(20)19-12-10-18(11-13-19)23-22(27)21(24-14-4-5-15-24)17-7-2-1-3-8-17/h1-3,7-8,10-13,21H,4-6,9,14-16H2,(H,23,27). The van der Waals surface area contributed by atoms with Crippen LogP contribution >= 0.6 is 0 Å². The molecule has 2 saturated heterocycles. The van der Waals surface area contributed by atoms with Gasteiger partial charge in [0.05, 0.1) is 0 Å². The van der Waals surface area contributed by atoms with Gasteiger partial charge in [0.15, 0.2) is 0 Å². The summed E-state index contributed by atoms with van der Waals surface area (Å²) in [5.74, 6) is 0.165. The number of carbonyl (C=O) groups is 2. The summed E-state index contributed by atoms with van der Waals surface area (Å²) in [6, 6.07) is 17.3. The molecule has 2 aliphatic rings. The number of nitrogens with zero attached hydrogens (tertiary/aromatic N) is 2. The summed E-state index contributed by atoms with van der Waals surface area (Å²) >= 11 is 0. The normalized spacial score (nSPS) is 18.7. The van der Waals surface area contributed by atoms with Crippen LogP contribution in [0.25, 0.3) is 0 Å². The number of carbonyl (C=O) groups excluding carboxylic acids is 2. The van der Waals surface area contributed by atoms with Crippen molar-refractivity contribution >= 4 is 23.2 Å². The van der Waals surface area contributed by atoms with Crippen molar-refractivity contribution in [3.05, 3.63) is 60.2 Å². The van der Waals surface area contributed by atoms with E-state index in [0.717, 1.165) is 55.8 Å². The largest absolute Gasteiger partial charge is 0.324 e. The zero-order valence-corrected chi connectivity index (χ0v) is 15.4. The highest BCUT2D eigenvalue weighted by molar-refractivity contribution is 5.97. The molecule has 140 valence electrons. The Hall–Kier alpha value is -2.66. The topological polar surface area (TPSA) is 52.7 Å². The minimum absolute atomic E-state index is 0.00639. The van der Waals surface area contributed by atoms with E-state index in [1.165, 1.54) is 0 Å². The average molecular weight is 363 g/mol. The Morgan fingerprint density at radius 2 is 1.59 bits per heavy atom. The van der Waals surface area contributed by atoms with Gasteiger partial charge in [-0.15, -0.1) is 0 Å². The highest BCUT2D eigenvalue weighted by atomic mass is 16.2. The minimum Gasteiger partial charge on any atom is -0.324 e. The summed E-state index contributed by atoms with van der Waals surface area (Å²) in [6.45, 7) is 2.67. The average Bonchev–Trinajstić information content (AvgIpc) is 3.36. The van der Waals surface area contributed by atoms with E-state index in [2.05, 4.69) is 10.2 Å². The van der Waals surface area contributed by atoms with Crippen molar-refractivity contribution in [2.45, 2.75) is 31.7 Å². The van der Waals surface area contributed by atoms with Crippen LogP contribution in [0, 0.1) is 0 Å². The van der Waals surface area contributed by atoms with Crippen LogP contribution in [-0.4, -0.2) is 36.3 Å². The molecular formula is C22H25N3O2. The van der Waals surface area contributed by atoms with Crippen molar-refractivity contribution in [3.8, 4) is 0 Å². The van der Waals surface area contributed by atoms with Crippen molar-refractivity contribution in [1.82, 2.24) is 4.90 Å². The first kappa shape index (κ1) is 17.7. The molecule has 2 aliphatic heterocycles. The summed E-state index contributed by atoms with van der Waals surface area (Å²) < 4.78 is 0. The number of rotatable bonds is 5. The highest BCUT2D eigenvalue weighted by Gasteiger charge is 2.29. The van der Waals surface area contributed by atoms with Crippen molar-refractivity contribution in [3.63, 3.8) is 0 Å². The molecule has 1 N–H and O–H groups in total. The maximum absolute atomic E-state index is 13.1. The van der Waals surface area contributed by atoms with Gasteiger partial charge in [-0.2, -0.15) is 0 Å². The van der Waals surface area contributed by atoms with E-state index >= 15 is 0 Å². The number of hydrogen-bond donors (Lipinski definition) is 1. The van der Waals surface area contributed by atoms with Crippen molar-refractivity contribution in [2.24, 2.45) is 0 Å². The van der Waals surface area contributed by atoms with E-state index in [1.807, 2.05) is 59.5 Å². The van der Waals surface area contributed by atoms with Crippen LogP contribution in [0.1, 0.15) is 37.3 Å². The monoisotopic (exact) mass is 363 g/mol. The number of nitrogens with one attached hydrogen (secondary N) is 1. The molecule has 1 atom stereocenters. The number of amides is 2. The quantitative estimate of drug-likeness (QED) is 0.883. The fourth-order valence-corrected chi connectivity index (χ4v) is 4.02. The first-order valence-corrected chi connectivity index (χ1v) is 9.73. The maximum Gasteiger partial charge on any atom is 0.246 e. The zero-order chi connectivity index (χ0) is 18.6. The second-order valence-corrected chi connectivity index (χ2v) is 7.24. The predicted octanol–water partition coefficient (Wildman–Crippen LogP) is 3.59. The van der Waals surface area contributed by atoms with Crippen LogP contribution in [0.2, 0.25) is 0 Å². The molecule has 2 fully saturated rings. The highest BCUT2D eigenvalue weighted by Crippen LogP contribution is 2.28. The van der Waals surface area contributed by atoms with Gasteiger partial charge >= 0.3 is 0 Å². The van der Waals surface area contributed by atoms with Crippen molar-refractivity contribution in [1.29, 1.82) is 0 Å². The summed E-state index contributed by atoms with van der Waals surface area (Å²) in [5.41, 5.74) is 2.68. The van der Waals surface area contributed by atoms with E-state index in [4.69, 9.17) is 0 Å². The SMILES string of the molecule is O=C(Nc1ccc(N2CCCC2=O)cc1)C(c1ccccc1)N1CCCC1. The number of likely N-dealkylation sites (tertiary alicyclic amines) is 1. The molecule has 0 spiro atoms. The van der Waals surface area contributed by atoms with Crippen LogP contribution in [-0.2, 0) is 9.59 Å². The Morgan fingerprint density at radius 1 is 0.889 bits per heavy atom. The molecule has 0 aromatic heterocycles. The van der Waals surface area contributed by atoms with Gasteiger partial charge in [-0.25, -0.2) is 0 Å². The molecule has 27 heavy (non-hydrogen) atoms. The fraction of sp³-hybridized carbons (Fsp3) is 0.364. The second kappa shape index (κ2) is 7.92. The van der Waals surface area contributed by atoms with Gasteiger partial charge in [0.2, 0.25) is 11.8 Å². The molecule has 5 heteroatoms. The molecule has 4 rings (SSSR count). The van der Waals surface area contributed by atoms with Gasteiger partial charge in [-0.05, 0) is 62.2 Å². The van der Waals surface area contributed by atoms with Crippen molar-refractivity contribution in [2.75, 3.05) is 29.9 Å². The predicted molar refractivity (Wildman–Crippen MR) is 107 cm³/mol. The Bertz CT molecular complexity index is 798. The van der Waals surface area contributed by atoms with Crippen LogP contribution in [0.4, 0.5) is 11.4 Å².